The number of unbranched alkanes of at least 4 members (excludes halogenated alkanes) is 1. The fraction of sp³-hybridized carbons (Fsp3) is 0.500. The number of benzene rings is 1. The zero-order valence-electron chi connectivity index (χ0n) is 8.42. The molecule has 1 nitrogen and oxygen atoms in total. The van der Waals surface area contributed by atoms with Crippen molar-refractivity contribution in [3.05, 3.63) is 35.4 Å². The van der Waals surface area contributed by atoms with Crippen LogP contribution in [0.25, 0.3) is 0 Å². The minimum atomic E-state index is 0.813. The molecular formula is C12H19N. The second-order valence-electron chi connectivity index (χ2n) is 3.42. The first-order valence-electron chi connectivity index (χ1n) is 5.14. The Hall–Kier alpha value is -0.820. The molecule has 72 valence electrons. The van der Waals surface area contributed by atoms with Crippen molar-refractivity contribution in [2.75, 3.05) is 6.54 Å². The first-order valence-corrected chi connectivity index (χ1v) is 5.14. The fourth-order valence-electron chi connectivity index (χ4n) is 1.48. The van der Waals surface area contributed by atoms with Crippen molar-refractivity contribution in [3.8, 4) is 0 Å². The zero-order chi connectivity index (χ0) is 9.52. The molecule has 0 aliphatic rings. The van der Waals surface area contributed by atoms with Crippen molar-refractivity contribution in [1.29, 1.82) is 0 Å². The normalized spacial score (nSPS) is 10.3. The first kappa shape index (κ1) is 10.3. The van der Waals surface area contributed by atoms with Crippen LogP contribution >= 0.6 is 0 Å². The van der Waals surface area contributed by atoms with Crippen molar-refractivity contribution >= 4 is 0 Å². The number of hydrogen-bond donors (Lipinski definition) is 1. The largest absolute Gasteiger partial charge is 0.330 e. The van der Waals surface area contributed by atoms with Gasteiger partial charge in [0.15, 0.2) is 0 Å². The molecule has 1 heteroatoms. The van der Waals surface area contributed by atoms with Crippen LogP contribution in [0.5, 0.6) is 0 Å². The molecule has 13 heavy (non-hydrogen) atoms. The van der Waals surface area contributed by atoms with Gasteiger partial charge in [0, 0.05) is 0 Å². The molecular weight excluding hydrogens is 158 g/mol. The second-order valence-corrected chi connectivity index (χ2v) is 3.42. The van der Waals surface area contributed by atoms with Gasteiger partial charge >= 0.3 is 0 Å². The minimum Gasteiger partial charge on any atom is -0.330 e. The Balaban J connectivity index is 2.46. The van der Waals surface area contributed by atoms with E-state index in [2.05, 4.69) is 31.2 Å². The van der Waals surface area contributed by atoms with Gasteiger partial charge in [0.05, 0.1) is 0 Å². The number of hydrogen-bond acceptors (Lipinski definition) is 1. The van der Waals surface area contributed by atoms with Crippen LogP contribution in [-0.2, 0) is 12.8 Å². The highest BCUT2D eigenvalue weighted by atomic mass is 14.5. The van der Waals surface area contributed by atoms with Crippen LogP contribution < -0.4 is 5.73 Å². The molecule has 2 N–H and O–H groups in total. The minimum absolute atomic E-state index is 0.813. The molecule has 0 fully saturated rings. The lowest BCUT2D eigenvalue weighted by Gasteiger charge is -2.02. The molecule has 0 bridgehead atoms. The quantitative estimate of drug-likeness (QED) is 0.687. The number of rotatable bonds is 5. The van der Waals surface area contributed by atoms with E-state index in [4.69, 9.17) is 5.73 Å². The van der Waals surface area contributed by atoms with Crippen LogP contribution in [0.1, 0.15) is 30.9 Å². The Bertz CT molecular complexity index is 243. The molecule has 1 aromatic rings. The van der Waals surface area contributed by atoms with E-state index >= 15 is 0 Å². The maximum Gasteiger partial charge on any atom is -0.00772 e. The predicted molar refractivity (Wildman–Crippen MR) is 57.8 cm³/mol. The lowest BCUT2D eigenvalue weighted by molar-refractivity contribution is 0.744. The van der Waals surface area contributed by atoms with Gasteiger partial charge in [-0.05, 0) is 43.4 Å². The monoisotopic (exact) mass is 177 g/mol. The summed E-state index contributed by atoms with van der Waals surface area (Å²) in [6.07, 6.45) is 4.65. The summed E-state index contributed by atoms with van der Waals surface area (Å²) >= 11 is 0. The third-order valence-electron chi connectivity index (χ3n) is 2.32. The molecule has 0 amide bonds. The summed E-state index contributed by atoms with van der Waals surface area (Å²) in [4.78, 5) is 0. The van der Waals surface area contributed by atoms with Crippen molar-refractivity contribution in [3.63, 3.8) is 0 Å². The number of nitrogens with two attached hydrogens (primary N) is 1. The molecule has 0 aliphatic carbocycles. The van der Waals surface area contributed by atoms with Crippen molar-refractivity contribution in [2.45, 2.75) is 32.6 Å². The summed E-state index contributed by atoms with van der Waals surface area (Å²) < 4.78 is 0. The Labute approximate surface area is 81.0 Å². The topological polar surface area (TPSA) is 26.0 Å². The lowest BCUT2D eigenvalue weighted by atomic mass is 10.0. The van der Waals surface area contributed by atoms with Crippen molar-refractivity contribution in [1.82, 2.24) is 0 Å². The molecule has 0 saturated carbocycles. The van der Waals surface area contributed by atoms with Gasteiger partial charge in [-0.3, -0.25) is 0 Å². The highest BCUT2D eigenvalue weighted by molar-refractivity contribution is 5.23. The van der Waals surface area contributed by atoms with E-state index in [-0.39, 0.29) is 0 Å². The van der Waals surface area contributed by atoms with Gasteiger partial charge in [-0.2, -0.15) is 0 Å². The molecule has 0 radical (unpaired) electrons. The third-order valence-corrected chi connectivity index (χ3v) is 2.32. The molecule has 0 aromatic heterocycles. The standard InChI is InChI=1S/C12H19N/c1-2-11-7-5-8-12(10-11)6-3-4-9-13/h5,7-8,10H,2-4,6,9,13H2,1H3. The van der Waals surface area contributed by atoms with Crippen molar-refractivity contribution < 1.29 is 0 Å². The van der Waals surface area contributed by atoms with Gasteiger partial charge in [-0.15, -0.1) is 0 Å². The van der Waals surface area contributed by atoms with Crippen molar-refractivity contribution in [2.24, 2.45) is 5.73 Å². The molecule has 0 unspecified atom stereocenters. The summed E-state index contributed by atoms with van der Waals surface area (Å²) in [6.45, 7) is 3.01. The molecule has 1 aromatic carbocycles. The Morgan fingerprint density at radius 2 is 1.92 bits per heavy atom. The average Bonchev–Trinajstić information content (AvgIpc) is 2.19. The lowest BCUT2D eigenvalue weighted by Crippen LogP contribution is -1.99. The van der Waals surface area contributed by atoms with Crippen LogP contribution in [0.15, 0.2) is 24.3 Å². The van der Waals surface area contributed by atoms with Gasteiger partial charge in [0.25, 0.3) is 0 Å². The van der Waals surface area contributed by atoms with Gasteiger partial charge in [0.2, 0.25) is 0 Å². The van der Waals surface area contributed by atoms with E-state index in [9.17, 15) is 0 Å². The summed E-state index contributed by atoms with van der Waals surface area (Å²) in [5, 5.41) is 0. The van der Waals surface area contributed by atoms with Crippen LogP contribution in [-0.4, -0.2) is 6.54 Å². The number of aryl methyl sites for hydroxylation is 2. The highest BCUT2D eigenvalue weighted by Crippen LogP contribution is 2.08. The van der Waals surface area contributed by atoms with Crippen LogP contribution in [0.4, 0.5) is 0 Å². The summed E-state index contributed by atoms with van der Waals surface area (Å²) in [5.74, 6) is 0. The Morgan fingerprint density at radius 3 is 2.62 bits per heavy atom. The summed E-state index contributed by atoms with van der Waals surface area (Å²) in [5.41, 5.74) is 8.34. The van der Waals surface area contributed by atoms with E-state index in [0.29, 0.717) is 0 Å². The average molecular weight is 177 g/mol. The SMILES string of the molecule is CCc1cccc(CCCCN)c1. The van der Waals surface area contributed by atoms with E-state index in [1.165, 1.54) is 24.0 Å². The van der Waals surface area contributed by atoms with E-state index in [1.54, 1.807) is 0 Å². The molecule has 1 rings (SSSR count). The second kappa shape index (κ2) is 5.76. The third kappa shape index (κ3) is 3.60. The van der Waals surface area contributed by atoms with E-state index < -0.39 is 0 Å². The Kier molecular flexibility index (Phi) is 4.55. The predicted octanol–water partition coefficient (Wildman–Crippen LogP) is 2.53. The zero-order valence-corrected chi connectivity index (χ0v) is 8.42. The van der Waals surface area contributed by atoms with Crippen LogP contribution in [0.3, 0.4) is 0 Å². The van der Waals surface area contributed by atoms with Gasteiger partial charge < -0.3 is 5.73 Å². The Morgan fingerprint density at radius 1 is 1.15 bits per heavy atom. The molecule has 0 heterocycles. The van der Waals surface area contributed by atoms with Crippen LogP contribution in [0, 0.1) is 0 Å². The smallest absolute Gasteiger partial charge is 0.00772 e. The van der Waals surface area contributed by atoms with Gasteiger partial charge in [-0.25, -0.2) is 0 Å². The van der Waals surface area contributed by atoms with E-state index in [0.717, 1.165) is 19.4 Å². The summed E-state index contributed by atoms with van der Waals surface area (Å²) in [7, 11) is 0. The van der Waals surface area contributed by atoms with Gasteiger partial charge in [-0.1, -0.05) is 31.2 Å². The fourth-order valence-corrected chi connectivity index (χ4v) is 1.48. The van der Waals surface area contributed by atoms with Crippen LogP contribution in [0.2, 0.25) is 0 Å². The highest BCUT2D eigenvalue weighted by Gasteiger charge is 1.94. The maximum absolute atomic E-state index is 5.45. The maximum atomic E-state index is 5.45. The summed E-state index contributed by atoms with van der Waals surface area (Å²) in [6, 6.07) is 8.84. The van der Waals surface area contributed by atoms with E-state index in [1.807, 2.05) is 0 Å². The first-order chi connectivity index (χ1) is 6.36. The van der Waals surface area contributed by atoms with Gasteiger partial charge in [0.1, 0.15) is 0 Å². The molecule has 0 atom stereocenters. The molecule has 0 aliphatic heterocycles. The molecule has 0 saturated heterocycles. The molecule has 0 spiro atoms.